The normalized spacial score (nSPS) is 10.2. The summed E-state index contributed by atoms with van der Waals surface area (Å²) >= 11 is 3.36. The van der Waals surface area contributed by atoms with E-state index in [1.165, 1.54) is 0 Å². The fourth-order valence-electron chi connectivity index (χ4n) is 1.82. The largest absolute Gasteiger partial charge is 0.461 e. The van der Waals surface area contributed by atoms with Crippen molar-refractivity contribution in [2.75, 3.05) is 5.73 Å². The monoisotopic (exact) mass is 333 g/mol. The number of esters is 1. The molecular weight excluding hydrogens is 318 g/mol. The average Bonchev–Trinajstić information content (AvgIpc) is 2.46. The van der Waals surface area contributed by atoms with E-state index < -0.39 is 0 Å². The lowest BCUT2D eigenvalue weighted by Gasteiger charge is -2.06. The Balaban J connectivity index is 1.78. The van der Waals surface area contributed by atoms with Gasteiger partial charge in [-0.3, -0.25) is 4.79 Å². The van der Waals surface area contributed by atoms with Crippen LogP contribution in [0, 0.1) is 0 Å². The van der Waals surface area contributed by atoms with Gasteiger partial charge < -0.3 is 10.5 Å². The lowest BCUT2D eigenvalue weighted by molar-refractivity contribution is -0.144. The summed E-state index contributed by atoms with van der Waals surface area (Å²) in [7, 11) is 0. The summed E-state index contributed by atoms with van der Waals surface area (Å²) in [5.41, 5.74) is 8.50. The molecule has 20 heavy (non-hydrogen) atoms. The number of carbonyl (C=O) groups is 1. The molecule has 0 saturated heterocycles. The summed E-state index contributed by atoms with van der Waals surface area (Å²) in [4.78, 5) is 11.7. The summed E-state index contributed by atoms with van der Waals surface area (Å²) in [6, 6.07) is 15.3. The summed E-state index contributed by atoms with van der Waals surface area (Å²) in [5, 5.41) is 0. The molecule has 0 amide bonds. The van der Waals surface area contributed by atoms with Crippen molar-refractivity contribution in [2.45, 2.75) is 19.4 Å². The highest BCUT2D eigenvalue weighted by molar-refractivity contribution is 9.10. The highest BCUT2D eigenvalue weighted by Gasteiger charge is 2.06. The number of rotatable bonds is 5. The molecule has 0 saturated carbocycles. The van der Waals surface area contributed by atoms with E-state index in [0.29, 0.717) is 25.1 Å². The molecule has 104 valence electrons. The van der Waals surface area contributed by atoms with Crippen LogP contribution in [0.4, 0.5) is 5.69 Å². The van der Waals surface area contributed by atoms with Crippen LogP contribution in [0.25, 0.3) is 0 Å². The lowest BCUT2D eigenvalue weighted by atomic mass is 10.1. The first-order valence-electron chi connectivity index (χ1n) is 6.38. The number of nitrogen functional groups attached to an aromatic ring is 1. The summed E-state index contributed by atoms with van der Waals surface area (Å²) in [5.74, 6) is -0.212. The average molecular weight is 334 g/mol. The van der Waals surface area contributed by atoms with Gasteiger partial charge in [-0.1, -0.05) is 46.3 Å². The second-order valence-corrected chi connectivity index (χ2v) is 5.40. The Labute approximate surface area is 126 Å². The van der Waals surface area contributed by atoms with Crippen LogP contribution in [0.1, 0.15) is 17.5 Å². The molecule has 4 heteroatoms. The van der Waals surface area contributed by atoms with E-state index in [-0.39, 0.29) is 5.97 Å². The van der Waals surface area contributed by atoms with E-state index in [4.69, 9.17) is 10.5 Å². The predicted octanol–water partition coefficient (Wildman–Crippen LogP) is 3.71. The minimum Gasteiger partial charge on any atom is -0.461 e. The molecule has 2 N–H and O–H groups in total. The summed E-state index contributed by atoms with van der Waals surface area (Å²) in [6.07, 6.45) is 0.941. The van der Waals surface area contributed by atoms with Crippen LogP contribution in [0.2, 0.25) is 0 Å². The highest BCUT2D eigenvalue weighted by Crippen LogP contribution is 2.14. The predicted molar refractivity (Wildman–Crippen MR) is 83.1 cm³/mol. The van der Waals surface area contributed by atoms with Crippen molar-refractivity contribution in [1.82, 2.24) is 0 Å². The number of ether oxygens (including phenoxy) is 1. The van der Waals surface area contributed by atoms with Gasteiger partial charge in [0.2, 0.25) is 0 Å². The van der Waals surface area contributed by atoms with E-state index in [1.807, 2.05) is 48.5 Å². The van der Waals surface area contributed by atoms with E-state index in [9.17, 15) is 4.79 Å². The molecule has 0 heterocycles. The molecule has 2 rings (SSSR count). The van der Waals surface area contributed by atoms with Crippen LogP contribution < -0.4 is 5.73 Å². The van der Waals surface area contributed by atoms with Crippen molar-refractivity contribution >= 4 is 27.6 Å². The maximum absolute atomic E-state index is 11.7. The molecule has 0 radical (unpaired) electrons. The van der Waals surface area contributed by atoms with Gasteiger partial charge in [-0.05, 0) is 35.7 Å². The second-order valence-electron chi connectivity index (χ2n) is 4.49. The zero-order chi connectivity index (χ0) is 14.4. The molecule has 0 unspecified atom stereocenters. The number of halogens is 1. The molecule has 0 aliphatic rings. The van der Waals surface area contributed by atoms with Gasteiger partial charge in [0.1, 0.15) is 6.61 Å². The first-order valence-corrected chi connectivity index (χ1v) is 7.18. The standard InChI is InChI=1S/C16H16BrNO2/c17-14-8-5-12(6-9-14)11-20-16(19)10-7-13-3-1-2-4-15(13)18/h1-6,8-9H,7,10-11,18H2. The topological polar surface area (TPSA) is 52.3 Å². The fraction of sp³-hybridized carbons (Fsp3) is 0.188. The molecular formula is C16H16BrNO2. The number of hydrogen-bond acceptors (Lipinski definition) is 3. The Morgan fingerprint density at radius 3 is 2.50 bits per heavy atom. The quantitative estimate of drug-likeness (QED) is 0.670. The van der Waals surface area contributed by atoms with Gasteiger partial charge in [0.05, 0.1) is 0 Å². The number of nitrogens with two attached hydrogens (primary N) is 1. The lowest BCUT2D eigenvalue weighted by Crippen LogP contribution is -2.06. The van der Waals surface area contributed by atoms with Crippen molar-refractivity contribution in [1.29, 1.82) is 0 Å². The van der Waals surface area contributed by atoms with E-state index in [2.05, 4.69) is 15.9 Å². The number of hydrogen-bond donors (Lipinski definition) is 1. The van der Waals surface area contributed by atoms with Crippen LogP contribution in [0.15, 0.2) is 53.0 Å². The molecule has 0 aliphatic carbocycles. The smallest absolute Gasteiger partial charge is 0.306 e. The maximum Gasteiger partial charge on any atom is 0.306 e. The molecule has 0 fully saturated rings. The van der Waals surface area contributed by atoms with Gasteiger partial charge in [0.25, 0.3) is 0 Å². The third-order valence-corrected chi connectivity index (χ3v) is 3.50. The Morgan fingerprint density at radius 2 is 1.80 bits per heavy atom. The van der Waals surface area contributed by atoms with Gasteiger partial charge in [0, 0.05) is 16.6 Å². The highest BCUT2D eigenvalue weighted by atomic mass is 79.9. The Bertz CT molecular complexity index is 581. The molecule has 0 atom stereocenters. The Morgan fingerprint density at radius 1 is 1.10 bits per heavy atom. The number of para-hydroxylation sites is 1. The summed E-state index contributed by atoms with van der Waals surface area (Å²) < 4.78 is 6.24. The van der Waals surface area contributed by atoms with Gasteiger partial charge >= 0.3 is 5.97 Å². The Hall–Kier alpha value is -1.81. The van der Waals surface area contributed by atoms with Crippen LogP contribution in [0.3, 0.4) is 0 Å². The number of benzene rings is 2. The minimum atomic E-state index is -0.212. The zero-order valence-electron chi connectivity index (χ0n) is 11.0. The maximum atomic E-state index is 11.7. The fourth-order valence-corrected chi connectivity index (χ4v) is 2.08. The van der Waals surface area contributed by atoms with E-state index in [0.717, 1.165) is 15.6 Å². The van der Waals surface area contributed by atoms with Crippen molar-refractivity contribution in [3.05, 3.63) is 64.1 Å². The molecule has 2 aromatic carbocycles. The molecule has 0 spiro atoms. The van der Waals surface area contributed by atoms with Crippen molar-refractivity contribution in [3.8, 4) is 0 Å². The molecule has 2 aromatic rings. The Kier molecular flexibility index (Phi) is 5.18. The van der Waals surface area contributed by atoms with Crippen LogP contribution in [-0.4, -0.2) is 5.97 Å². The van der Waals surface area contributed by atoms with Crippen LogP contribution in [-0.2, 0) is 22.6 Å². The first kappa shape index (κ1) is 14.6. The van der Waals surface area contributed by atoms with Gasteiger partial charge in [-0.25, -0.2) is 0 Å². The second kappa shape index (κ2) is 7.10. The van der Waals surface area contributed by atoms with Gasteiger partial charge in [-0.2, -0.15) is 0 Å². The molecule has 3 nitrogen and oxygen atoms in total. The SMILES string of the molecule is Nc1ccccc1CCC(=O)OCc1ccc(Br)cc1. The molecule has 0 bridgehead atoms. The van der Waals surface area contributed by atoms with Crippen molar-refractivity contribution in [2.24, 2.45) is 0 Å². The van der Waals surface area contributed by atoms with E-state index in [1.54, 1.807) is 0 Å². The molecule has 0 aromatic heterocycles. The third kappa shape index (κ3) is 4.38. The van der Waals surface area contributed by atoms with Crippen molar-refractivity contribution < 1.29 is 9.53 Å². The summed E-state index contributed by atoms with van der Waals surface area (Å²) in [6.45, 7) is 0.302. The van der Waals surface area contributed by atoms with Crippen LogP contribution >= 0.6 is 15.9 Å². The number of aryl methyl sites for hydroxylation is 1. The van der Waals surface area contributed by atoms with Gasteiger partial charge in [-0.15, -0.1) is 0 Å². The zero-order valence-corrected chi connectivity index (χ0v) is 12.6. The van der Waals surface area contributed by atoms with Crippen LogP contribution in [0.5, 0.6) is 0 Å². The van der Waals surface area contributed by atoms with Crippen molar-refractivity contribution in [3.63, 3.8) is 0 Å². The number of carbonyl (C=O) groups excluding carboxylic acids is 1. The van der Waals surface area contributed by atoms with E-state index >= 15 is 0 Å². The minimum absolute atomic E-state index is 0.212. The van der Waals surface area contributed by atoms with Gasteiger partial charge in [0.15, 0.2) is 0 Å². The molecule has 0 aliphatic heterocycles. The number of anilines is 1. The third-order valence-electron chi connectivity index (χ3n) is 2.97. The first-order chi connectivity index (χ1) is 9.65.